The van der Waals surface area contributed by atoms with Crippen LogP contribution in [0, 0.1) is 13.8 Å². The van der Waals surface area contributed by atoms with E-state index in [4.69, 9.17) is 4.74 Å². The number of rotatable bonds is 4. The summed E-state index contributed by atoms with van der Waals surface area (Å²) in [6, 6.07) is 4.11. The highest BCUT2D eigenvalue weighted by molar-refractivity contribution is 6.34. The number of nitrogens with zero attached hydrogens (tertiary/aromatic N) is 1. The molecule has 1 amide bonds. The van der Waals surface area contributed by atoms with Crippen LogP contribution in [-0.2, 0) is 9.53 Å². The molecule has 0 saturated carbocycles. The predicted octanol–water partition coefficient (Wildman–Crippen LogP) is 0.561. The summed E-state index contributed by atoms with van der Waals surface area (Å²) in [6.07, 6.45) is 0. The van der Waals surface area contributed by atoms with E-state index in [1.807, 2.05) is 0 Å². The topological polar surface area (TPSA) is 29.5 Å². The first-order valence-corrected chi connectivity index (χ1v) is 5.82. The molecule has 1 rings (SSSR count). The second kappa shape index (κ2) is 5.87. The summed E-state index contributed by atoms with van der Waals surface area (Å²) >= 11 is 0. The van der Waals surface area contributed by atoms with Crippen LogP contribution >= 0.6 is 0 Å². The lowest BCUT2D eigenvalue weighted by atomic mass is 9.86. The van der Waals surface area contributed by atoms with Gasteiger partial charge in [0.15, 0.2) is 0 Å². The summed E-state index contributed by atoms with van der Waals surface area (Å²) in [7, 11) is 3.74. The molecule has 0 aromatic heterocycles. The molecule has 1 aromatic rings. The van der Waals surface area contributed by atoms with E-state index in [9.17, 15) is 4.79 Å². The molecule has 0 aliphatic carbocycles. The van der Waals surface area contributed by atoms with E-state index >= 15 is 0 Å². The highest BCUT2D eigenvalue weighted by atomic mass is 16.5. The summed E-state index contributed by atoms with van der Waals surface area (Å²) in [5.41, 5.74) is 4.66. The van der Waals surface area contributed by atoms with Gasteiger partial charge in [-0.15, -0.1) is 0 Å². The monoisotopic (exact) mass is 233 g/mol. The van der Waals surface area contributed by atoms with Gasteiger partial charge in [-0.3, -0.25) is 4.79 Å². The number of benzene rings is 1. The molecule has 4 heteroatoms. The molecule has 0 aliphatic rings. The quantitative estimate of drug-likeness (QED) is 0.711. The Kier molecular flexibility index (Phi) is 4.76. The molecular formula is C13H20BNO2. The second-order valence-electron chi connectivity index (χ2n) is 4.37. The van der Waals surface area contributed by atoms with E-state index in [0.717, 1.165) is 5.69 Å². The predicted molar refractivity (Wildman–Crippen MR) is 74.0 cm³/mol. The van der Waals surface area contributed by atoms with Crippen LogP contribution in [-0.4, -0.2) is 34.0 Å². The molecule has 17 heavy (non-hydrogen) atoms. The summed E-state index contributed by atoms with van der Waals surface area (Å²) < 4.78 is 5.03. The maximum Gasteiger partial charge on any atom is 0.223 e. The van der Waals surface area contributed by atoms with Gasteiger partial charge in [0.05, 0.1) is 6.61 Å². The van der Waals surface area contributed by atoms with Crippen molar-refractivity contribution in [2.75, 3.05) is 25.2 Å². The van der Waals surface area contributed by atoms with Gasteiger partial charge >= 0.3 is 0 Å². The highest BCUT2D eigenvalue weighted by Crippen LogP contribution is 2.17. The molecule has 0 aliphatic heterocycles. The maximum atomic E-state index is 11.6. The Hall–Kier alpha value is -1.29. The van der Waals surface area contributed by atoms with Gasteiger partial charge in [-0.2, -0.15) is 0 Å². The van der Waals surface area contributed by atoms with Crippen LogP contribution in [0.3, 0.4) is 0 Å². The molecule has 0 bridgehead atoms. The van der Waals surface area contributed by atoms with Crippen molar-refractivity contribution in [3.63, 3.8) is 0 Å². The number of hydrogen-bond donors (Lipinski definition) is 0. The minimum atomic E-state index is 0.0460. The van der Waals surface area contributed by atoms with Crippen molar-refractivity contribution in [1.29, 1.82) is 0 Å². The van der Waals surface area contributed by atoms with E-state index in [2.05, 4.69) is 33.8 Å². The summed E-state index contributed by atoms with van der Waals surface area (Å²) in [5, 5.41) is 0. The Labute approximate surface area is 104 Å². The van der Waals surface area contributed by atoms with E-state index in [1.54, 1.807) is 18.9 Å². The number of carbonyl (C=O) groups is 1. The van der Waals surface area contributed by atoms with Gasteiger partial charge in [0.25, 0.3) is 0 Å². The van der Waals surface area contributed by atoms with Crippen molar-refractivity contribution in [2.24, 2.45) is 0 Å². The molecule has 0 atom stereocenters. The summed E-state index contributed by atoms with van der Waals surface area (Å²) in [5.74, 6) is 0.0460. The first-order valence-electron chi connectivity index (χ1n) is 5.82. The van der Waals surface area contributed by atoms with E-state index in [-0.39, 0.29) is 5.91 Å². The Morgan fingerprint density at radius 1 is 1.35 bits per heavy atom. The summed E-state index contributed by atoms with van der Waals surface area (Å²) in [6.45, 7) is 6.86. The fraction of sp³-hybridized carbons (Fsp3) is 0.462. The SMILES string of the molecule is Bc1c(C)cc(N(CCOC)C(C)=O)cc1C. The van der Waals surface area contributed by atoms with E-state index < -0.39 is 0 Å². The number of anilines is 1. The number of carbonyl (C=O) groups excluding carboxylic acids is 1. The molecule has 3 nitrogen and oxygen atoms in total. The maximum absolute atomic E-state index is 11.6. The van der Waals surface area contributed by atoms with Crippen LogP contribution in [0.15, 0.2) is 12.1 Å². The first-order chi connectivity index (χ1) is 7.97. The third-order valence-corrected chi connectivity index (χ3v) is 3.12. The second-order valence-corrected chi connectivity index (χ2v) is 4.37. The summed E-state index contributed by atoms with van der Waals surface area (Å²) in [4.78, 5) is 13.4. The van der Waals surface area contributed by atoms with Crippen molar-refractivity contribution in [3.05, 3.63) is 23.3 Å². The molecule has 0 N–H and O–H groups in total. The lowest BCUT2D eigenvalue weighted by molar-refractivity contribution is -0.116. The van der Waals surface area contributed by atoms with Gasteiger partial charge in [-0.05, 0) is 26.0 Å². The smallest absolute Gasteiger partial charge is 0.223 e. The third kappa shape index (κ3) is 3.33. The number of methoxy groups -OCH3 is 1. The Balaban J connectivity index is 3.06. The molecule has 0 heterocycles. The molecular weight excluding hydrogens is 213 g/mol. The van der Waals surface area contributed by atoms with Gasteiger partial charge in [0, 0.05) is 26.3 Å². The van der Waals surface area contributed by atoms with Crippen LogP contribution in [0.5, 0.6) is 0 Å². The number of hydrogen-bond acceptors (Lipinski definition) is 2. The van der Waals surface area contributed by atoms with Crippen molar-refractivity contribution >= 4 is 24.9 Å². The Morgan fingerprint density at radius 2 is 1.88 bits per heavy atom. The number of ether oxygens (including phenoxy) is 1. The Morgan fingerprint density at radius 3 is 2.29 bits per heavy atom. The minimum absolute atomic E-state index is 0.0460. The van der Waals surface area contributed by atoms with Gasteiger partial charge < -0.3 is 9.64 Å². The van der Waals surface area contributed by atoms with Gasteiger partial charge in [-0.1, -0.05) is 16.6 Å². The van der Waals surface area contributed by atoms with E-state index in [1.165, 1.54) is 16.6 Å². The van der Waals surface area contributed by atoms with E-state index in [0.29, 0.717) is 13.2 Å². The molecule has 1 aromatic carbocycles. The largest absolute Gasteiger partial charge is 0.383 e. The zero-order valence-electron chi connectivity index (χ0n) is 11.3. The average Bonchev–Trinajstić information content (AvgIpc) is 2.25. The van der Waals surface area contributed by atoms with Crippen molar-refractivity contribution in [2.45, 2.75) is 20.8 Å². The lowest BCUT2D eigenvalue weighted by Crippen LogP contribution is -2.32. The highest BCUT2D eigenvalue weighted by Gasteiger charge is 2.12. The standard InChI is InChI=1S/C13H20BNO2/c1-9-7-12(8-10(2)13(9)14)15(11(3)16)5-6-17-4/h7-8H,5-6,14H2,1-4H3. The van der Waals surface area contributed by atoms with Crippen LogP contribution in [0.1, 0.15) is 18.1 Å². The van der Waals surface area contributed by atoms with Gasteiger partial charge in [0.1, 0.15) is 7.85 Å². The van der Waals surface area contributed by atoms with Crippen molar-refractivity contribution in [1.82, 2.24) is 0 Å². The fourth-order valence-electron chi connectivity index (χ4n) is 1.82. The van der Waals surface area contributed by atoms with Crippen LogP contribution in [0.2, 0.25) is 0 Å². The molecule has 0 spiro atoms. The minimum Gasteiger partial charge on any atom is -0.383 e. The molecule has 92 valence electrons. The molecule has 0 radical (unpaired) electrons. The van der Waals surface area contributed by atoms with Crippen molar-refractivity contribution < 1.29 is 9.53 Å². The molecule has 0 unspecified atom stereocenters. The van der Waals surface area contributed by atoms with Crippen LogP contribution in [0.25, 0.3) is 0 Å². The molecule has 0 saturated heterocycles. The zero-order chi connectivity index (χ0) is 13.0. The normalized spacial score (nSPS) is 10.4. The molecule has 0 fully saturated rings. The lowest BCUT2D eigenvalue weighted by Gasteiger charge is -2.22. The van der Waals surface area contributed by atoms with Crippen molar-refractivity contribution in [3.8, 4) is 0 Å². The van der Waals surface area contributed by atoms with Crippen LogP contribution < -0.4 is 10.4 Å². The zero-order valence-corrected chi connectivity index (χ0v) is 11.3. The van der Waals surface area contributed by atoms with Gasteiger partial charge in [0.2, 0.25) is 5.91 Å². The van der Waals surface area contributed by atoms with Crippen LogP contribution in [0.4, 0.5) is 5.69 Å². The number of aryl methyl sites for hydroxylation is 2. The average molecular weight is 233 g/mol. The Bertz CT molecular complexity index is 395. The number of amides is 1. The third-order valence-electron chi connectivity index (χ3n) is 3.12. The fourth-order valence-corrected chi connectivity index (χ4v) is 1.82. The first kappa shape index (κ1) is 13.8. The van der Waals surface area contributed by atoms with Gasteiger partial charge in [-0.25, -0.2) is 0 Å².